The molecule has 2 heterocycles. The average molecular weight is 397 g/mol. The van der Waals surface area contributed by atoms with Crippen molar-refractivity contribution in [1.82, 2.24) is 4.72 Å². The highest BCUT2D eigenvalue weighted by Crippen LogP contribution is 2.29. The highest BCUT2D eigenvalue weighted by molar-refractivity contribution is 7.89. The quantitative estimate of drug-likeness (QED) is 0.761. The van der Waals surface area contributed by atoms with Gasteiger partial charge in [0.15, 0.2) is 5.78 Å². The Hall–Kier alpha value is -1.61. The zero-order valence-electron chi connectivity index (χ0n) is 14.8. The van der Waals surface area contributed by atoms with Gasteiger partial charge in [-0.1, -0.05) is 12.1 Å². The van der Waals surface area contributed by atoms with Crippen LogP contribution >= 0.6 is 11.3 Å². The SMILES string of the molecule is Cc1cc(CC(=O)c2cc(S(=O)(=O)NC3(C)COC3)c(C)s2)ccc1F. The van der Waals surface area contributed by atoms with Crippen molar-refractivity contribution in [2.75, 3.05) is 13.2 Å². The first-order valence-corrected chi connectivity index (χ1v) is 10.4. The van der Waals surface area contributed by atoms with E-state index in [4.69, 9.17) is 4.74 Å². The van der Waals surface area contributed by atoms with Gasteiger partial charge in [0.05, 0.1) is 28.5 Å². The van der Waals surface area contributed by atoms with Gasteiger partial charge in [-0.05, 0) is 44.0 Å². The number of Topliss-reactive ketones (excluding diaryl/α,β-unsaturated/α-hetero) is 1. The minimum atomic E-state index is -3.73. The number of carbonyl (C=O) groups is 1. The van der Waals surface area contributed by atoms with E-state index < -0.39 is 15.6 Å². The van der Waals surface area contributed by atoms with Crippen LogP contribution in [0.5, 0.6) is 0 Å². The number of ketones is 1. The van der Waals surface area contributed by atoms with E-state index in [0.717, 1.165) is 11.3 Å². The highest BCUT2D eigenvalue weighted by Gasteiger charge is 2.38. The third-order valence-corrected chi connectivity index (χ3v) is 7.23. The Morgan fingerprint density at radius 3 is 2.58 bits per heavy atom. The molecule has 140 valence electrons. The summed E-state index contributed by atoms with van der Waals surface area (Å²) in [5.74, 6) is -0.509. The van der Waals surface area contributed by atoms with Crippen molar-refractivity contribution < 1.29 is 22.3 Å². The molecule has 1 aromatic carbocycles. The molecule has 1 aliphatic rings. The fourth-order valence-corrected chi connectivity index (χ4v) is 5.71. The van der Waals surface area contributed by atoms with Crippen LogP contribution in [0.2, 0.25) is 0 Å². The molecule has 1 saturated heterocycles. The lowest BCUT2D eigenvalue weighted by Gasteiger charge is -2.38. The number of rotatable bonds is 6. The summed E-state index contributed by atoms with van der Waals surface area (Å²) in [4.78, 5) is 13.6. The molecule has 5 nitrogen and oxygen atoms in total. The predicted molar refractivity (Wildman–Crippen MR) is 97.8 cm³/mol. The molecule has 0 bridgehead atoms. The summed E-state index contributed by atoms with van der Waals surface area (Å²) in [6, 6.07) is 5.95. The number of aryl methyl sites for hydroxylation is 2. The monoisotopic (exact) mass is 397 g/mol. The van der Waals surface area contributed by atoms with Gasteiger partial charge in [0.2, 0.25) is 10.0 Å². The topological polar surface area (TPSA) is 72.5 Å². The van der Waals surface area contributed by atoms with E-state index in [1.54, 1.807) is 32.9 Å². The van der Waals surface area contributed by atoms with Gasteiger partial charge >= 0.3 is 0 Å². The fraction of sp³-hybridized carbons (Fsp3) is 0.389. The molecule has 26 heavy (non-hydrogen) atoms. The smallest absolute Gasteiger partial charge is 0.242 e. The zero-order valence-corrected chi connectivity index (χ0v) is 16.4. The van der Waals surface area contributed by atoms with Crippen molar-refractivity contribution in [3.8, 4) is 0 Å². The third-order valence-electron chi connectivity index (χ3n) is 4.25. The molecule has 3 rings (SSSR count). The summed E-state index contributed by atoms with van der Waals surface area (Å²) < 4.78 is 46.3. The molecule has 1 N–H and O–H groups in total. The molecule has 1 aromatic heterocycles. The second-order valence-electron chi connectivity index (χ2n) is 6.87. The number of hydrogen-bond donors (Lipinski definition) is 1. The van der Waals surface area contributed by atoms with Gasteiger partial charge in [-0.25, -0.2) is 17.5 Å². The van der Waals surface area contributed by atoms with Gasteiger partial charge in [0.1, 0.15) is 5.82 Å². The summed E-state index contributed by atoms with van der Waals surface area (Å²) in [5, 5.41) is 0. The molecule has 0 aliphatic carbocycles. The summed E-state index contributed by atoms with van der Waals surface area (Å²) in [6.45, 7) is 5.74. The van der Waals surface area contributed by atoms with Crippen LogP contribution in [0.1, 0.15) is 32.6 Å². The minimum Gasteiger partial charge on any atom is -0.377 e. The molecule has 0 radical (unpaired) electrons. The first-order chi connectivity index (χ1) is 12.1. The van der Waals surface area contributed by atoms with Gasteiger partial charge in [-0.15, -0.1) is 11.3 Å². The van der Waals surface area contributed by atoms with Crippen LogP contribution in [0.4, 0.5) is 4.39 Å². The molecule has 2 aromatic rings. The van der Waals surface area contributed by atoms with E-state index in [1.807, 2.05) is 0 Å². The van der Waals surface area contributed by atoms with Crippen LogP contribution in [0.25, 0.3) is 0 Å². The highest BCUT2D eigenvalue weighted by atomic mass is 32.2. The Bertz CT molecular complexity index is 962. The lowest BCUT2D eigenvalue weighted by Crippen LogP contribution is -2.59. The predicted octanol–water partition coefficient (Wildman–Crippen LogP) is 3.00. The maximum atomic E-state index is 13.4. The Kier molecular flexibility index (Phi) is 5.04. The van der Waals surface area contributed by atoms with Crippen LogP contribution in [-0.2, 0) is 21.2 Å². The van der Waals surface area contributed by atoms with E-state index in [1.165, 1.54) is 12.1 Å². The number of ether oxygens (including phenoxy) is 1. The summed E-state index contributed by atoms with van der Waals surface area (Å²) in [7, 11) is -3.73. The number of hydrogen-bond acceptors (Lipinski definition) is 5. The van der Waals surface area contributed by atoms with Gasteiger partial charge in [-0.3, -0.25) is 4.79 Å². The summed E-state index contributed by atoms with van der Waals surface area (Å²) in [5.41, 5.74) is 0.561. The molecule has 0 unspecified atom stereocenters. The van der Waals surface area contributed by atoms with E-state index >= 15 is 0 Å². The number of nitrogens with one attached hydrogen (secondary N) is 1. The molecule has 0 amide bonds. The average Bonchev–Trinajstić information content (AvgIpc) is 2.92. The van der Waals surface area contributed by atoms with Crippen molar-refractivity contribution in [3.05, 3.63) is 51.0 Å². The summed E-state index contributed by atoms with van der Waals surface area (Å²) >= 11 is 1.15. The molecule has 0 spiro atoms. The Labute approximate surface area is 156 Å². The number of thiophene rings is 1. The van der Waals surface area contributed by atoms with Crippen LogP contribution in [-0.4, -0.2) is 33.0 Å². The normalized spacial score (nSPS) is 16.3. The van der Waals surface area contributed by atoms with Crippen LogP contribution in [0, 0.1) is 19.7 Å². The van der Waals surface area contributed by atoms with E-state index in [-0.39, 0.29) is 22.9 Å². The van der Waals surface area contributed by atoms with Crippen molar-refractivity contribution in [2.24, 2.45) is 0 Å². The maximum absolute atomic E-state index is 13.4. The molecule has 0 saturated carbocycles. The van der Waals surface area contributed by atoms with Crippen molar-refractivity contribution in [1.29, 1.82) is 0 Å². The lowest BCUT2D eigenvalue weighted by atomic mass is 10.0. The van der Waals surface area contributed by atoms with Gasteiger partial charge in [0, 0.05) is 11.3 Å². The number of benzene rings is 1. The van der Waals surface area contributed by atoms with Gasteiger partial charge in [0.25, 0.3) is 0 Å². The van der Waals surface area contributed by atoms with Crippen LogP contribution < -0.4 is 4.72 Å². The third kappa shape index (κ3) is 3.88. The Morgan fingerprint density at radius 2 is 2.00 bits per heavy atom. The number of sulfonamides is 1. The van der Waals surface area contributed by atoms with Crippen LogP contribution in [0.3, 0.4) is 0 Å². The van der Waals surface area contributed by atoms with Crippen molar-refractivity contribution in [2.45, 2.75) is 37.6 Å². The zero-order chi connectivity index (χ0) is 19.1. The maximum Gasteiger partial charge on any atom is 0.242 e. The number of halogens is 1. The molecule has 1 fully saturated rings. The van der Waals surface area contributed by atoms with Crippen LogP contribution in [0.15, 0.2) is 29.2 Å². The standard InChI is InChI=1S/C18H20FNO4S2/c1-11-6-13(4-5-14(11)19)7-15(21)16-8-17(12(2)25-16)26(22,23)20-18(3)9-24-10-18/h4-6,8,20H,7,9-10H2,1-3H3. The molecule has 1 aliphatic heterocycles. The minimum absolute atomic E-state index is 0.0968. The van der Waals surface area contributed by atoms with Crippen molar-refractivity contribution in [3.63, 3.8) is 0 Å². The van der Waals surface area contributed by atoms with E-state index in [0.29, 0.717) is 34.1 Å². The van der Waals surface area contributed by atoms with E-state index in [9.17, 15) is 17.6 Å². The fourth-order valence-electron chi connectivity index (χ4n) is 2.81. The molecular weight excluding hydrogens is 377 g/mol. The Balaban J connectivity index is 1.80. The lowest BCUT2D eigenvalue weighted by molar-refractivity contribution is -0.0523. The summed E-state index contributed by atoms with van der Waals surface area (Å²) in [6.07, 6.45) is 0.0968. The molecular formula is C18H20FNO4S2. The van der Waals surface area contributed by atoms with Gasteiger partial charge in [-0.2, -0.15) is 0 Å². The molecule has 8 heteroatoms. The second kappa shape index (κ2) is 6.84. The van der Waals surface area contributed by atoms with Gasteiger partial charge < -0.3 is 4.74 Å². The first kappa shape index (κ1) is 19.2. The first-order valence-electron chi connectivity index (χ1n) is 8.10. The van der Waals surface area contributed by atoms with Crippen molar-refractivity contribution >= 4 is 27.1 Å². The Morgan fingerprint density at radius 1 is 1.31 bits per heavy atom. The number of carbonyl (C=O) groups excluding carboxylic acids is 1. The van der Waals surface area contributed by atoms with E-state index in [2.05, 4.69) is 4.72 Å². The second-order valence-corrected chi connectivity index (χ2v) is 9.78. The molecule has 0 atom stereocenters. The largest absolute Gasteiger partial charge is 0.377 e.